The second-order valence-electron chi connectivity index (χ2n) is 3.80. The van der Waals surface area contributed by atoms with Gasteiger partial charge in [0.2, 0.25) is 0 Å². The molecule has 3 heteroatoms. The average molecular weight is 201 g/mol. The van der Waals surface area contributed by atoms with E-state index in [1.165, 1.54) is 17.5 Å². The van der Waals surface area contributed by atoms with Gasteiger partial charge in [-0.1, -0.05) is 37.6 Å². The second kappa shape index (κ2) is 4.82. The van der Waals surface area contributed by atoms with Crippen LogP contribution in [0.4, 0.5) is 0 Å². The third-order valence-electron chi connectivity index (χ3n) is 2.47. The van der Waals surface area contributed by atoms with Crippen LogP contribution < -0.4 is 0 Å². The Morgan fingerprint density at radius 1 is 1.13 bits per heavy atom. The van der Waals surface area contributed by atoms with E-state index >= 15 is 0 Å². The summed E-state index contributed by atoms with van der Waals surface area (Å²) in [5, 5.41) is 11.4. The molecule has 1 aromatic rings. The van der Waals surface area contributed by atoms with Crippen molar-refractivity contribution in [2.45, 2.75) is 26.2 Å². The van der Waals surface area contributed by atoms with Crippen molar-refractivity contribution in [2.75, 3.05) is 6.54 Å². The highest BCUT2D eigenvalue weighted by Gasteiger charge is 2.05. The first-order chi connectivity index (χ1) is 7.38. The minimum atomic E-state index is 0.663. The van der Waals surface area contributed by atoms with Crippen LogP contribution in [-0.4, -0.2) is 12.3 Å². The van der Waals surface area contributed by atoms with Gasteiger partial charge in [0.15, 0.2) is 0 Å². The summed E-state index contributed by atoms with van der Waals surface area (Å²) in [4.78, 5) is 0. The molecule has 0 saturated heterocycles. The molecule has 0 unspecified atom stereocenters. The lowest BCUT2D eigenvalue weighted by atomic mass is 10.0. The van der Waals surface area contributed by atoms with Crippen LogP contribution in [0.2, 0.25) is 0 Å². The summed E-state index contributed by atoms with van der Waals surface area (Å²) in [6, 6.07) is 8.74. The van der Waals surface area contributed by atoms with E-state index in [0.29, 0.717) is 6.54 Å². The lowest BCUT2D eigenvalue weighted by Crippen LogP contribution is -2.03. The Bertz CT molecular complexity index is 376. The van der Waals surface area contributed by atoms with Crippen molar-refractivity contribution in [1.29, 1.82) is 0 Å². The second-order valence-corrected chi connectivity index (χ2v) is 3.80. The predicted octanol–water partition coefficient (Wildman–Crippen LogP) is 3.00. The number of hydrogen-bond donors (Lipinski definition) is 0. The summed E-state index contributed by atoms with van der Waals surface area (Å²) in [5.41, 5.74) is 3.75. The molecule has 0 atom stereocenters. The minimum absolute atomic E-state index is 0.663. The van der Waals surface area contributed by atoms with Gasteiger partial charge in [0.05, 0.1) is 5.71 Å². The van der Waals surface area contributed by atoms with Crippen LogP contribution in [0.3, 0.4) is 0 Å². The number of benzene rings is 1. The summed E-state index contributed by atoms with van der Waals surface area (Å²) < 4.78 is 0. The van der Waals surface area contributed by atoms with Gasteiger partial charge in [-0.2, -0.15) is 5.11 Å². The molecule has 0 fully saturated rings. The molecule has 78 valence electrons. The molecule has 15 heavy (non-hydrogen) atoms. The molecule has 0 N–H and O–H groups in total. The highest BCUT2D eigenvalue weighted by molar-refractivity contribution is 5.89. The Morgan fingerprint density at radius 3 is 2.47 bits per heavy atom. The SMILES string of the molecule is CCCc1ccc(CC2=NN=NC2)cc1. The fourth-order valence-corrected chi connectivity index (χ4v) is 1.68. The van der Waals surface area contributed by atoms with Gasteiger partial charge in [-0.05, 0) is 22.8 Å². The number of nitrogens with zero attached hydrogens (tertiary/aromatic N) is 3. The van der Waals surface area contributed by atoms with E-state index in [4.69, 9.17) is 0 Å². The molecular formula is C12H15N3. The van der Waals surface area contributed by atoms with Gasteiger partial charge < -0.3 is 0 Å². The van der Waals surface area contributed by atoms with Gasteiger partial charge >= 0.3 is 0 Å². The summed E-state index contributed by atoms with van der Waals surface area (Å²) in [6.45, 7) is 2.86. The highest BCUT2D eigenvalue weighted by Crippen LogP contribution is 2.09. The van der Waals surface area contributed by atoms with Crippen molar-refractivity contribution < 1.29 is 0 Å². The van der Waals surface area contributed by atoms with Gasteiger partial charge in [-0.3, -0.25) is 0 Å². The maximum absolute atomic E-state index is 3.96. The third-order valence-corrected chi connectivity index (χ3v) is 2.47. The van der Waals surface area contributed by atoms with Crippen LogP contribution in [0.1, 0.15) is 24.5 Å². The molecule has 0 amide bonds. The smallest absolute Gasteiger partial charge is 0.103 e. The molecule has 0 spiro atoms. The monoisotopic (exact) mass is 201 g/mol. The van der Waals surface area contributed by atoms with Crippen molar-refractivity contribution in [2.24, 2.45) is 15.4 Å². The molecule has 3 nitrogen and oxygen atoms in total. The van der Waals surface area contributed by atoms with Gasteiger partial charge in [0.1, 0.15) is 6.54 Å². The van der Waals surface area contributed by atoms with Gasteiger partial charge in [-0.25, -0.2) is 0 Å². The Hall–Kier alpha value is -1.51. The van der Waals surface area contributed by atoms with Crippen molar-refractivity contribution in [1.82, 2.24) is 0 Å². The fourth-order valence-electron chi connectivity index (χ4n) is 1.68. The van der Waals surface area contributed by atoms with Crippen LogP contribution >= 0.6 is 0 Å². The molecule has 1 aliphatic heterocycles. The standard InChI is InChI=1S/C12H15N3/c1-2-3-10-4-6-11(7-5-10)8-12-9-13-15-14-12/h4-7H,2-3,8-9H2,1H3. The Labute approximate surface area is 89.9 Å². The van der Waals surface area contributed by atoms with Gasteiger partial charge in [-0.15, -0.1) is 5.10 Å². The summed E-state index contributed by atoms with van der Waals surface area (Å²) in [7, 11) is 0. The Kier molecular flexibility index (Phi) is 3.22. The highest BCUT2D eigenvalue weighted by atomic mass is 15.4. The first kappa shape index (κ1) is 10.0. The molecular weight excluding hydrogens is 186 g/mol. The third kappa shape index (κ3) is 2.72. The van der Waals surface area contributed by atoms with E-state index < -0.39 is 0 Å². The first-order valence-electron chi connectivity index (χ1n) is 5.38. The lowest BCUT2D eigenvalue weighted by Gasteiger charge is -2.02. The van der Waals surface area contributed by atoms with E-state index in [0.717, 1.165) is 18.6 Å². The quantitative estimate of drug-likeness (QED) is 0.718. The average Bonchev–Trinajstić information content (AvgIpc) is 2.74. The van der Waals surface area contributed by atoms with Crippen molar-refractivity contribution in [3.63, 3.8) is 0 Å². The number of rotatable bonds is 4. The van der Waals surface area contributed by atoms with Gasteiger partial charge in [0, 0.05) is 6.42 Å². The molecule has 1 aromatic carbocycles. The maximum Gasteiger partial charge on any atom is 0.103 e. The molecule has 1 aliphatic rings. The van der Waals surface area contributed by atoms with Crippen LogP contribution in [0.5, 0.6) is 0 Å². The van der Waals surface area contributed by atoms with Crippen LogP contribution in [0.15, 0.2) is 39.7 Å². The van der Waals surface area contributed by atoms with Crippen LogP contribution in [0.25, 0.3) is 0 Å². The molecule has 0 aliphatic carbocycles. The van der Waals surface area contributed by atoms with Crippen molar-refractivity contribution in [3.05, 3.63) is 35.4 Å². The molecule has 0 bridgehead atoms. The van der Waals surface area contributed by atoms with Crippen molar-refractivity contribution in [3.8, 4) is 0 Å². The molecule has 0 radical (unpaired) electrons. The summed E-state index contributed by atoms with van der Waals surface area (Å²) in [6.07, 6.45) is 3.23. The van der Waals surface area contributed by atoms with E-state index in [2.05, 4.69) is 46.6 Å². The van der Waals surface area contributed by atoms with E-state index in [1.807, 2.05) is 0 Å². The Balaban J connectivity index is 1.97. The molecule has 1 heterocycles. The summed E-state index contributed by atoms with van der Waals surface area (Å²) in [5.74, 6) is 0. The molecule has 0 saturated carbocycles. The fraction of sp³-hybridized carbons (Fsp3) is 0.417. The first-order valence-corrected chi connectivity index (χ1v) is 5.38. The maximum atomic E-state index is 3.96. The van der Waals surface area contributed by atoms with Crippen molar-refractivity contribution >= 4 is 5.71 Å². The topological polar surface area (TPSA) is 37.1 Å². The normalized spacial score (nSPS) is 14.3. The largest absolute Gasteiger partial charge is 0.163 e. The van der Waals surface area contributed by atoms with E-state index in [-0.39, 0.29) is 0 Å². The lowest BCUT2D eigenvalue weighted by molar-refractivity contribution is 0.921. The van der Waals surface area contributed by atoms with E-state index in [9.17, 15) is 0 Å². The number of hydrogen-bond acceptors (Lipinski definition) is 3. The summed E-state index contributed by atoms with van der Waals surface area (Å²) >= 11 is 0. The number of aryl methyl sites for hydroxylation is 1. The molecule has 0 aromatic heterocycles. The molecule has 2 rings (SSSR count). The minimum Gasteiger partial charge on any atom is -0.163 e. The van der Waals surface area contributed by atoms with Crippen LogP contribution in [0, 0.1) is 0 Å². The van der Waals surface area contributed by atoms with E-state index in [1.54, 1.807) is 0 Å². The predicted molar refractivity (Wildman–Crippen MR) is 61.3 cm³/mol. The zero-order valence-corrected chi connectivity index (χ0v) is 8.98. The Morgan fingerprint density at radius 2 is 1.87 bits per heavy atom. The zero-order valence-electron chi connectivity index (χ0n) is 8.98. The van der Waals surface area contributed by atoms with Gasteiger partial charge in [0.25, 0.3) is 0 Å². The zero-order chi connectivity index (χ0) is 10.5. The van der Waals surface area contributed by atoms with Crippen LogP contribution in [-0.2, 0) is 12.8 Å².